The lowest BCUT2D eigenvalue weighted by Gasteiger charge is -2.10. The van der Waals surface area contributed by atoms with Crippen LogP contribution < -0.4 is 0 Å². The van der Waals surface area contributed by atoms with Gasteiger partial charge in [-0.2, -0.15) is 0 Å². The van der Waals surface area contributed by atoms with Gasteiger partial charge >= 0.3 is 0 Å². The molecular weight excluding hydrogens is 478 g/mol. The summed E-state index contributed by atoms with van der Waals surface area (Å²) in [4.78, 5) is 17.9. The fraction of sp³-hybridized carbons (Fsp3) is 0.111. The Hall–Kier alpha value is -2.52. The zero-order valence-electron chi connectivity index (χ0n) is 15.1. The van der Waals surface area contributed by atoms with Gasteiger partial charge in [0.2, 0.25) is 0 Å². The van der Waals surface area contributed by atoms with Crippen molar-refractivity contribution in [1.82, 2.24) is 9.55 Å². The van der Waals surface area contributed by atoms with Crippen LogP contribution in [0.3, 0.4) is 0 Å². The highest BCUT2D eigenvalue weighted by atomic mass is 35.5. The van der Waals surface area contributed by atoms with Crippen molar-refractivity contribution in [2.75, 3.05) is 0 Å². The van der Waals surface area contributed by atoms with Crippen LogP contribution in [0.4, 0.5) is 0 Å². The van der Waals surface area contributed by atoms with Crippen molar-refractivity contribution in [1.29, 1.82) is 0 Å². The van der Waals surface area contributed by atoms with Crippen LogP contribution in [-0.2, 0) is 18.0 Å². The van der Waals surface area contributed by atoms with Crippen molar-refractivity contribution in [2.45, 2.75) is 13.2 Å². The lowest BCUT2D eigenvalue weighted by Crippen LogP contribution is -2.12. The van der Waals surface area contributed by atoms with E-state index in [0.29, 0.717) is 32.3 Å². The van der Waals surface area contributed by atoms with Crippen LogP contribution >= 0.6 is 46.4 Å². The molecule has 30 heavy (non-hydrogen) atoms. The summed E-state index contributed by atoms with van der Waals surface area (Å²) >= 11 is 24.4. The molecule has 12 heteroatoms. The summed E-state index contributed by atoms with van der Waals surface area (Å²) < 4.78 is 1.86. The van der Waals surface area contributed by atoms with Gasteiger partial charge in [0.25, 0.3) is 5.09 Å². The van der Waals surface area contributed by atoms with Gasteiger partial charge in [-0.3, -0.25) is 0 Å². The van der Waals surface area contributed by atoms with E-state index in [2.05, 4.69) is 10.1 Å². The Balaban J connectivity index is 0.000000735. The van der Waals surface area contributed by atoms with E-state index in [9.17, 15) is 0 Å². The van der Waals surface area contributed by atoms with Crippen LogP contribution in [0.5, 0.6) is 0 Å². The molecule has 0 saturated carbocycles. The zero-order valence-corrected chi connectivity index (χ0v) is 18.1. The first-order chi connectivity index (χ1) is 14.3. The second-order valence-electron chi connectivity index (χ2n) is 5.64. The molecule has 1 aromatic heterocycles. The molecule has 158 valence electrons. The van der Waals surface area contributed by atoms with Crippen molar-refractivity contribution in [3.63, 3.8) is 0 Å². The Morgan fingerprint density at radius 1 is 1.13 bits per heavy atom. The Kier molecular flexibility index (Phi) is 9.19. The van der Waals surface area contributed by atoms with Gasteiger partial charge in [0, 0.05) is 38.6 Å². The average molecular weight is 492 g/mol. The number of aromatic nitrogens is 2. The number of hydrogen-bond donors (Lipinski definition) is 1. The smallest absolute Gasteiger partial charge is 0.291 e. The van der Waals surface area contributed by atoms with Crippen molar-refractivity contribution in [2.24, 2.45) is 5.16 Å². The van der Waals surface area contributed by atoms with Crippen LogP contribution in [-0.4, -0.2) is 25.6 Å². The van der Waals surface area contributed by atoms with Crippen LogP contribution in [0.25, 0.3) is 0 Å². The molecule has 0 aliphatic carbocycles. The normalized spacial score (nSPS) is 10.9. The van der Waals surface area contributed by atoms with Gasteiger partial charge in [0.15, 0.2) is 0 Å². The van der Waals surface area contributed by atoms with Gasteiger partial charge in [0.1, 0.15) is 12.3 Å². The first kappa shape index (κ1) is 23.8. The molecule has 0 amide bonds. The SMILES string of the molecule is Clc1ccc(CON=C(Cn2ccnc2)c2ccc(Cl)cc2Cl)c(Cl)c1.O=[N+]([O-])O. The second-order valence-corrected chi connectivity index (χ2v) is 7.33. The molecule has 1 N–H and O–H groups in total. The number of rotatable bonds is 6. The van der Waals surface area contributed by atoms with Gasteiger partial charge in [-0.05, 0) is 30.3 Å². The maximum absolute atomic E-state index is 8.36. The summed E-state index contributed by atoms with van der Waals surface area (Å²) in [5.74, 6) is 0. The maximum Gasteiger partial charge on any atom is 0.291 e. The highest BCUT2D eigenvalue weighted by molar-refractivity contribution is 6.37. The molecule has 0 fully saturated rings. The molecule has 8 nitrogen and oxygen atoms in total. The minimum absolute atomic E-state index is 0.203. The number of hydrogen-bond acceptors (Lipinski definition) is 5. The molecule has 0 unspecified atom stereocenters. The monoisotopic (exact) mass is 490 g/mol. The van der Waals surface area contributed by atoms with Crippen LogP contribution in [0.1, 0.15) is 11.1 Å². The van der Waals surface area contributed by atoms with E-state index >= 15 is 0 Å². The van der Waals surface area contributed by atoms with Crippen molar-refractivity contribution in [3.8, 4) is 0 Å². The number of halogens is 4. The number of imidazole rings is 1. The molecule has 3 rings (SSSR count). The van der Waals surface area contributed by atoms with Gasteiger partial charge in [-0.25, -0.2) is 4.98 Å². The first-order valence-electron chi connectivity index (χ1n) is 8.13. The lowest BCUT2D eigenvalue weighted by atomic mass is 10.1. The van der Waals surface area contributed by atoms with Crippen molar-refractivity contribution >= 4 is 52.1 Å². The molecule has 0 bridgehead atoms. The Bertz CT molecular complexity index is 1030. The molecule has 3 aromatic rings. The predicted molar refractivity (Wildman–Crippen MR) is 115 cm³/mol. The van der Waals surface area contributed by atoms with Gasteiger partial charge in [0.05, 0.1) is 17.9 Å². The molecular formula is C18H14Cl4N4O4. The second kappa shape index (κ2) is 11.6. The summed E-state index contributed by atoms with van der Waals surface area (Å²) in [6.45, 7) is 0.643. The number of benzene rings is 2. The Labute approximate surface area is 191 Å². The van der Waals surface area contributed by atoms with E-state index in [1.807, 2.05) is 10.8 Å². The van der Waals surface area contributed by atoms with E-state index in [1.54, 1.807) is 48.9 Å². The molecule has 0 aliphatic rings. The van der Waals surface area contributed by atoms with E-state index in [-0.39, 0.29) is 6.61 Å². The minimum atomic E-state index is -1.50. The third-order valence-corrected chi connectivity index (χ3v) is 4.68. The minimum Gasteiger partial charge on any atom is -0.391 e. The maximum atomic E-state index is 8.36. The average Bonchev–Trinajstić information content (AvgIpc) is 3.15. The fourth-order valence-electron chi connectivity index (χ4n) is 2.26. The summed E-state index contributed by atoms with van der Waals surface area (Å²) in [5, 5.41) is 20.0. The fourth-order valence-corrected chi connectivity index (χ4v) is 3.24. The molecule has 0 saturated heterocycles. The van der Waals surface area contributed by atoms with Crippen molar-refractivity contribution < 1.29 is 15.1 Å². The molecule has 0 spiro atoms. The molecule has 0 aliphatic heterocycles. The zero-order chi connectivity index (χ0) is 22.1. The summed E-state index contributed by atoms with van der Waals surface area (Å²) in [6, 6.07) is 10.4. The lowest BCUT2D eigenvalue weighted by molar-refractivity contribution is -0.742. The molecule has 0 atom stereocenters. The van der Waals surface area contributed by atoms with Crippen LogP contribution in [0, 0.1) is 10.1 Å². The Morgan fingerprint density at radius 2 is 1.77 bits per heavy atom. The largest absolute Gasteiger partial charge is 0.391 e. The molecule has 2 aromatic carbocycles. The topological polar surface area (TPSA) is 103 Å². The molecule has 0 radical (unpaired) electrons. The summed E-state index contributed by atoms with van der Waals surface area (Å²) in [5.41, 5.74) is 2.14. The van der Waals surface area contributed by atoms with Gasteiger partial charge in [-0.1, -0.05) is 57.6 Å². The standard InChI is InChI=1S/C18H13Cl4N3O.HNO3/c19-13-2-1-12(16(21)7-13)10-26-24-18(9-25-6-5-23-11-25)15-4-3-14(20)8-17(15)22;2-1(3)4/h1-8,11H,9-10H2;(H,2,3,4). The Morgan fingerprint density at radius 3 is 2.33 bits per heavy atom. The first-order valence-corrected chi connectivity index (χ1v) is 9.64. The highest BCUT2D eigenvalue weighted by Crippen LogP contribution is 2.24. The summed E-state index contributed by atoms with van der Waals surface area (Å²) in [6.07, 6.45) is 5.21. The van der Waals surface area contributed by atoms with E-state index in [0.717, 1.165) is 11.1 Å². The van der Waals surface area contributed by atoms with Crippen molar-refractivity contribution in [3.05, 3.63) is 96.5 Å². The van der Waals surface area contributed by atoms with E-state index in [1.165, 1.54) is 0 Å². The predicted octanol–water partition coefficient (Wildman–Crippen LogP) is 5.77. The van der Waals surface area contributed by atoms with E-state index < -0.39 is 5.09 Å². The van der Waals surface area contributed by atoms with Gasteiger partial charge < -0.3 is 14.6 Å². The quantitative estimate of drug-likeness (QED) is 0.268. The highest BCUT2D eigenvalue weighted by Gasteiger charge is 2.11. The number of oxime groups is 1. The molecule has 1 heterocycles. The number of nitrogens with zero attached hydrogens (tertiary/aromatic N) is 4. The third kappa shape index (κ3) is 7.72. The third-order valence-electron chi connectivity index (χ3n) is 3.54. The summed E-state index contributed by atoms with van der Waals surface area (Å²) in [7, 11) is 0. The van der Waals surface area contributed by atoms with E-state index in [4.69, 9.17) is 66.6 Å². The van der Waals surface area contributed by atoms with Crippen LogP contribution in [0.15, 0.2) is 60.3 Å². The van der Waals surface area contributed by atoms with Crippen LogP contribution in [0.2, 0.25) is 20.1 Å². The van der Waals surface area contributed by atoms with Gasteiger partial charge in [-0.15, -0.1) is 10.1 Å².